The van der Waals surface area contributed by atoms with Crippen LogP contribution >= 0.6 is 11.3 Å². The molecule has 1 fully saturated rings. The second-order valence-electron chi connectivity index (χ2n) is 5.95. The fourth-order valence-electron chi connectivity index (χ4n) is 2.64. The van der Waals surface area contributed by atoms with Crippen LogP contribution in [0.15, 0.2) is 28.1 Å². The van der Waals surface area contributed by atoms with Crippen LogP contribution in [0.25, 0.3) is 10.6 Å². The van der Waals surface area contributed by atoms with Crippen molar-refractivity contribution in [2.24, 2.45) is 0 Å². The number of nitrogens with one attached hydrogen (secondary N) is 1. The van der Waals surface area contributed by atoms with Gasteiger partial charge in [-0.05, 0) is 25.4 Å². The van der Waals surface area contributed by atoms with Crippen LogP contribution in [0.3, 0.4) is 0 Å². The lowest BCUT2D eigenvalue weighted by Gasteiger charge is -2.36. The lowest BCUT2D eigenvalue weighted by molar-refractivity contribution is 0.0895. The number of hydrogen-bond acceptors (Lipinski definition) is 6. The molecular weight excluding hydrogens is 312 g/mol. The SMILES string of the molecule is C[C@@H](CNC(=O)c1cc(-c2cccs2)on1)N1CCN(C)CC1. The van der Waals surface area contributed by atoms with Crippen LogP contribution in [0.1, 0.15) is 17.4 Å². The van der Waals surface area contributed by atoms with Crippen LogP contribution in [0, 0.1) is 0 Å². The molecule has 124 valence electrons. The first-order valence-electron chi connectivity index (χ1n) is 7.85. The van der Waals surface area contributed by atoms with E-state index in [4.69, 9.17) is 4.52 Å². The average Bonchev–Trinajstić information content (AvgIpc) is 3.23. The Morgan fingerprint density at radius 3 is 2.91 bits per heavy atom. The quantitative estimate of drug-likeness (QED) is 0.903. The highest BCUT2D eigenvalue weighted by Gasteiger charge is 2.20. The summed E-state index contributed by atoms with van der Waals surface area (Å²) < 4.78 is 5.25. The standard InChI is InChI=1S/C16H22N4O2S/c1-12(20-7-5-19(2)6-8-20)11-17-16(21)13-10-14(22-18-13)15-4-3-9-23-15/h3-4,9-10,12H,5-8,11H2,1-2H3,(H,17,21)/t12-/m0/s1. The van der Waals surface area contributed by atoms with Gasteiger partial charge in [0.15, 0.2) is 11.5 Å². The van der Waals surface area contributed by atoms with Gasteiger partial charge in [0.2, 0.25) is 0 Å². The zero-order chi connectivity index (χ0) is 16.2. The first-order chi connectivity index (χ1) is 11.1. The Hall–Kier alpha value is -1.70. The van der Waals surface area contributed by atoms with E-state index in [0.29, 0.717) is 24.0 Å². The maximum absolute atomic E-state index is 12.2. The zero-order valence-electron chi connectivity index (χ0n) is 13.5. The van der Waals surface area contributed by atoms with Crippen molar-refractivity contribution in [1.29, 1.82) is 0 Å². The van der Waals surface area contributed by atoms with Gasteiger partial charge in [0.1, 0.15) is 0 Å². The number of amides is 1. The molecule has 1 amide bonds. The molecular formula is C16H22N4O2S. The number of carbonyl (C=O) groups is 1. The van der Waals surface area contributed by atoms with Gasteiger partial charge in [-0.3, -0.25) is 9.69 Å². The number of likely N-dealkylation sites (N-methyl/N-ethyl adjacent to an activating group) is 1. The van der Waals surface area contributed by atoms with Crippen molar-refractivity contribution in [2.75, 3.05) is 39.8 Å². The molecule has 7 heteroatoms. The zero-order valence-corrected chi connectivity index (χ0v) is 14.3. The van der Waals surface area contributed by atoms with Gasteiger partial charge in [0.05, 0.1) is 4.88 Å². The molecule has 0 aliphatic carbocycles. The molecule has 1 aliphatic rings. The minimum atomic E-state index is -0.183. The highest BCUT2D eigenvalue weighted by atomic mass is 32.1. The molecule has 0 bridgehead atoms. The van der Waals surface area contributed by atoms with Crippen molar-refractivity contribution in [2.45, 2.75) is 13.0 Å². The van der Waals surface area contributed by atoms with E-state index in [9.17, 15) is 4.79 Å². The largest absolute Gasteiger partial charge is 0.355 e. The number of aromatic nitrogens is 1. The monoisotopic (exact) mass is 334 g/mol. The van der Waals surface area contributed by atoms with E-state index in [2.05, 4.69) is 34.2 Å². The Balaban J connectivity index is 1.51. The van der Waals surface area contributed by atoms with Crippen LogP contribution in [0.4, 0.5) is 0 Å². The smallest absolute Gasteiger partial charge is 0.273 e. The lowest BCUT2D eigenvalue weighted by atomic mass is 10.2. The number of rotatable bonds is 5. The number of piperazine rings is 1. The van der Waals surface area contributed by atoms with Gasteiger partial charge in [-0.25, -0.2) is 0 Å². The van der Waals surface area contributed by atoms with Crippen LogP contribution in [0.2, 0.25) is 0 Å². The highest BCUT2D eigenvalue weighted by Crippen LogP contribution is 2.25. The summed E-state index contributed by atoms with van der Waals surface area (Å²) in [6.07, 6.45) is 0. The summed E-state index contributed by atoms with van der Waals surface area (Å²) in [6.45, 7) is 6.99. The maximum Gasteiger partial charge on any atom is 0.273 e. The molecule has 0 spiro atoms. The third-order valence-corrected chi connectivity index (χ3v) is 5.11. The second-order valence-corrected chi connectivity index (χ2v) is 6.90. The van der Waals surface area contributed by atoms with Gasteiger partial charge >= 0.3 is 0 Å². The van der Waals surface area contributed by atoms with E-state index in [1.54, 1.807) is 17.4 Å². The predicted octanol–water partition coefficient (Wildman–Crippen LogP) is 1.77. The van der Waals surface area contributed by atoms with E-state index in [-0.39, 0.29) is 5.91 Å². The van der Waals surface area contributed by atoms with E-state index < -0.39 is 0 Å². The van der Waals surface area contributed by atoms with E-state index in [0.717, 1.165) is 31.1 Å². The topological polar surface area (TPSA) is 61.6 Å². The van der Waals surface area contributed by atoms with Gasteiger partial charge in [0, 0.05) is 44.8 Å². The minimum absolute atomic E-state index is 0.183. The van der Waals surface area contributed by atoms with Crippen molar-refractivity contribution in [3.05, 3.63) is 29.3 Å². The Morgan fingerprint density at radius 1 is 1.43 bits per heavy atom. The van der Waals surface area contributed by atoms with E-state index in [1.807, 2.05) is 17.5 Å². The average molecular weight is 334 g/mol. The molecule has 3 heterocycles. The first-order valence-corrected chi connectivity index (χ1v) is 8.73. The molecule has 0 aromatic carbocycles. The van der Waals surface area contributed by atoms with Crippen LogP contribution in [-0.2, 0) is 0 Å². The van der Waals surface area contributed by atoms with Crippen LogP contribution in [0.5, 0.6) is 0 Å². The number of thiophene rings is 1. The van der Waals surface area contributed by atoms with Crippen molar-refractivity contribution in [1.82, 2.24) is 20.3 Å². The highest BCUT2D eigenvalue weighted by molar-refractivity contribution is 7.13. The van der Waals surface area contributed by atoms with Crippen LogP contribution < -0.4 is 5.32 Å². The Kier molecular flexibility index (Phi) is 5.09. The van der Waals surface area contributed by atoms with Gasteiger partial charge in [-0.2, -0.15) is 0 Å². The van der Waals surface area contributed by atoms with Gasteiger partial charge in [-0.1, -0.05) is 11.2 Å². The number of hydrogen-bond donors (Lipinski definition) is 1. The molecule has 1 saturated heterocycles. The van der Waals surface area contributed by atoms with Gasteiger partial charge in [0.25, 0.3) is 5.91 Å². The molecule has 0 radical (unpaired) electrons. The summed E-state index contributed by atoms with van der Waals surface area (Å²) in [6, 6.07) is 5.90. The maximum atomic E-state index is 12.2. The van der Waals surface area contributed by atoms with Crippen molar-refractivity contribution < 1.29 is 9.32 Å². The third kappa shape index (κ3) is 3.99. The minimum Gasteiger partial charge on any atom is -0.355 e. The molecule has 1 aliphatic heterocycles. The molecule has 2 aromatic rings. The van der Waals surface area contributed by atoms with Crippen molar-refractivity contribution in [3.8, 4) is 10.6 Å². The van der Waals surface area contributed by atoms with Gasteiger partial charge < -0.3 is 14.7 Å². The lowest BCUT2D eigenvalue weighted by Crippen LogP contribution is -2.51. The Bertz CT molecular complexity index is 632. The second kappa shape index (κ2) is 7.25. The summed E-state index contributed by atoms with van der Waals surface area (Å²) >= 11 is 1.56. The molecule has 3 rings (SSSR count). The Morgan fingerprint density at radius 2 is 2.22 bits per heavy atom. The fourth-order valence-corrected chi connectivity index (χ4v) is 3.31. The molecule has 0 saturated carbocycles. The van der Waals surface area contributed by atoms with E-state index >= 15 is 0 Å². The molecule has 6 nitrogen and oxygen atoms in total. The molecule has 23 heavy (non-hydrogen) atoms. The molecule has 0 unspecified atom stereocenters. The van der Waals surface area contributed by atoms with Gasteiger partial charge in [-0.15, -0.1) is 11.3 Å². The third-order valence-electron chi connectivity index (χ3n) is 4.23. The summed E-state index contributed by atoms with van der Waals surface area (Å²) in [5, 5.41) is 8.79. The first kappa shape index (κ1) is 16.2. The summed E-state index contributed by atoms with van der Waals surface area (Å²) in [4.78, 5) is 17.9. The number of carbonyl (C=O) groups excluding carboxylic acids is 1. The normalized spacial score (nSPS) is 18.0. The number of nitrogens with zero attached hydrogens (tertiary/aromatic N) is 3. The van der Waals surface area contributed by atoms with Crippen molar-refractivity contribution in [3.63, 3.8) is 0 Å². The summed E-state index contributed by atoms with van der Waals surface area (Å²) in [5.74, 6) is 0.454. The van der Waals surface area contributed by atoms with E-state index in [1.165, 1.54) is 0 Å². The molecule has 1 atom stereocenters. The van der Waals surface area contributed by atoms with Crippen molar-refractivity contribution >= 4 is 17.2 Å². The summed E-state index contributed by atoms with van der Waals surface area (Å²) in [7, 11) is 2.14. The molecule has 1 N–H and O–H groups in total. The Labute approximate surface area is 140 Å². The molecule has 2 aromatic heterocycles. The fraction of sp³-hybridized carbons (Fsp3) is 0.500. The summed E-state index contributed by atoms with van der Waals surface area (Å²) in [5.41, 5.74) is 0.332. The van der Waals surface area contributed by atoms with Crippen LogP contribution in [-0.4, -0.2) is 66.7 Å². The predicted molar refractivity (Wildman–Crippen MR) is 90.7 cm³/mol.